The predicted octanol–water partition coefficient (Wildman–Crippen LogP) is 2.56. The molecule has 1 fully saturated rings. The predicted molar refractivity (Wildman–Crippen MR) is 72.4 cm³/mol. The Hall–Kier alpha value is -1.06. The first-order valence-electron chi connectivity index (χ1n) is 6.25. The van der Waals surface area contributed by atoms with Gasteiger partial charge in [0.2, 0.25) is 0 Å². The summed E-state index contributed by atoms with van der Waals surface area (Å²) in [7, 11) is 1.62. The average molecular weight is 268 g/mol. The van der Waals surface area contributed by atoms with Crippen LogP contribution in [0.3, 0.4) is 0 Å². The first-order valence-corrected chi connectivity index (χ1v) is 6.63. The van der Waals surface area contributed by atoms with Gasteiger partial charge in [-0.15, -0.1) is 0 Å². The summed E-state index contributed by atoms with van der Waals surface area (Å²) in [6, 6.07) is 5.90. The van der Waals surface area contributed by atoms with Crippen LogP contribution in [0.25, 0.3) is 0 Å². The molecule has 2 rings (SSSR count). The highest BCUT2D eigenvalue weighted by molar-refractivity contribution is 6.32. The van der Waals surface area contributed by atoms with Crippen molar-refractivity contribution in [2.75, 3.05) is 26.7 Å². The highest BCUT2D eigenvalue weighted by Crippen LogP contribution is 2.25. The number of Topliss-reactive ketones (excluding diaryl/α,β-unsaturated/α-hetero) is 1. The Kier molecular flexibility index (Phi) is 4.61. The van der Waals surface area contributed by atoms with E-state index in [0.29, 0.717) is 29.4 Å². The number of hydrogen-bond acceptors (Lipinski definition) is 3. The van der Waals surface area contributed by atoms with Crippen LogP contribution in [0.4, 0.5) is 0 Å². The molecule has 1 aliphatic heterocycles. The Labute approximate surface area is 113 Å². The van der Waals surface area contributed by atoms with Crippen LogP contribution in [0.5, 0.6) is 5.75 Å². The van der Waals surface area contributed by atoms with E-state index >= 15 is 0 Å². The number of piperidine rings is 1. The second-order valence-electron chi connectivity index (χ2n) is 4.60. The molecule has 3 nitrogen and oxygen atoms in total. The normalized spacial score (nSPS) is 16.9. The van der Waals surface area contributed by atoms with E-state index in [-0.39, 0.29) is 0 Å². The van der Waals surface area contributed by atoms with Crippen LogP contribution in [0.15, 0.2) is 18.2 Å². The van der Waals surface area contributed by atoms with Gasteiger partial charge in [-0.05, 0) is 24.1 Å². The summed E-state index contributed by atoms with van der Waals surface area (Å²) < 4.78 is 5.13. The summed E-state index contributed by atoms with van der Waals surface area (Å²) in [5.74, 6) is 1.10. The van der Waals surface area contributed by atoms with E-state index in [1.54, 1.807) is 7.11 Å². The molecular formula is C14H18ClNO2. The minimum atomic E-state index is 0.388. The molecule has 98 valence electrons. The molecule has 0 spiro atoms. The van der Waals surface area contributed by atoms with Crippen LogP contribution in [0.1, 0.15) is 18.4 Å². The monoisotopic (exact) mass is 267 g/mol. The number of benzene rings is 1. The van der Waals surface area contributed by atoms with Crippen LogP contribution in [0.2, 0.25) is 5.02 Å². The van der Waals surface area contributed by atoms with Gasteiger partial charge >= 0.3 is 0 Å². The lowest BCUT2D eigenvalue weighted by molar-refractivity contribution is -0.121. The summed E-state index contributed by atoms with van der Waals surface area (Å²) in [6.07, 6.45) is 2.35. The molecule has 0 bridgehead atoms. The van der Waals surface area contributed by atoms with Crippen molar-refractivity contribution in [3.63, 3.8) is 0 Å². The molecule has 0 unspecified atom stereocenters. The third-order valence-electron chi connectivity index (χ3n) is 3.35. The second kappa shape index (κ2) is 6.21. The van der Waals surface area contributed by atoms with Gasteiger partial charge in [-0.25, -0.2) is 0 Å². The molecular weight excluding hydrogens is 250 g/mol. The molecule has 18 heavy (non-hydrogen) atoms. The van der Waals surface area contributed by atoms with Gasteiger partial charge in [0, 0.05) is 32.5 Å². The van der Waals surface area contributed by atoms with Gasteiger partial charge < -0.3 is 9.64 Å². The van der Waals surface area contributed by atoms with Crippen molar-refractivity contribution in [1.29, 1.82) is 0 Å². The van der Waals surface area contributed by atoms with Crippen molar-refractivity contribution in [3.05, 3.63) is 28.8 Å². The van der Waals surface area contributed by atoms with E-state index in [2.05, 4.69) is 4.90 Å². The Morgan fingerprint density at radius 2 is 2.06 bits per heavy atom. The Morgan fingerprint density at radius 3 is 2.67 bits per heavy atom. The Bertz CT molecular complexity index is 424. The molecule has 1 aliphatic rings. The Morgan fingerprint density at radius 1 is 1.33 bits per heavy atom. The van der Waals surface area contributed by atoms with Gasteiger partial charge in [0.05, 0.1) is 12.1 Å². The smallest absolute Gasteiger partial charge is 0.137 e. The maximum Gasteiger partial charge on any atom is 0.137 e. The lowest BCUT2D eigenvalue weighted by Gasteiger charge is -2.25. The van der Waals surface area contributed by atoms with Gasteiger partial charge in [-0.2, -0.15) is 0 Å². The van der Waals surface area contributed by atoms with Crippen molar-refractivity contribution < 1.29 is 9.53 Å². The van der Waals surface area contributed by atoms with Crippen molar-refractivity contribution in [3.8, 4) is 5.75 Å². The topological polar surface area (TPSA) is 29.5 Å². The fraction of sp³-hybridized carbons (Fsp3) is 0.500. The summed E-state index contributed by atoms with van der Waals surface area (Å²) >= 11 is 6.09. The van der Waals surface area contributed by atoms with Gasteiger partial charge in [0.15, 0.2) is 0 Å². The molecule has 0 radical (unpaired) electrons. The number of carbonyl (C=O) groups is 1. The highest BCUT2D eigenvalue weighted by atomic mass is 35.5. The number of carbonyl (C=O) groups excluding carboxylic acids is 1. The van der Waals surface area contributed by atoms with Crippen LogP contribution >= 0.6 is 11.6 Å². The third kappa shape index (κ3) is 3.47. The zero-order valence-electron chi connectivity index (χ0n) is 10.6. The number of methoxy groups -OCH3 is 1. The number of hydrogen-bond donors (Lipinski definition) is 0. The molecule has 1 aromatic carbocycles. The SMILES string of the molecule is COc1ccc(CCN2CCC(=O)CC2)cc1Cl. The standard InChI is InChI=1S/C14H18ClNO2/c1-18-14-3-2-11(10-13(14)15)4-7-16-8-5-12(17)6-9-16/h2-3,10H,4-9H2,1H3. The van der Waals surface area contributed by atoms with Crippen LogP contribution in [-0.2, 0) is 11.2 Å². The minimum absolute atomic E-state index is 0.388. The van der Waals surface area contributed by atoms with E-state index < -0.39 is 0 Å². The maximum atomic E-state index is 11.1. The minimum Gasteiger partial charge on any atom is -0.495 e. The summed E-state index contributed by atoms with van der Waals surface area (Å²) in [5.41, 5.74) is 1.21. The molecule has 1 aromatic rings. The molecule has 0 saturated carbocycles. The number of rotatable bonds is 4. The van der Waals surface area contributed by atoms with Gasteiger partial charge in [0.25, 0.3) is 0 Å². The quantitative estimate of drug-likeness (QED) is 0.840. The molecule has 0 atom stereocenters. The van der Waals surface area contributed by atoms with Gasteiger partial charge in [0.1, 0.15) is 11.5 Å². The summed E-state index contributed by atoms with van der Waals surface area (Å²) in [4.78, 5) is 13.5. The lowest BCUT2D eigenvalue weighted by atomic mass is 10.1. The first-order chi connectivity index (χ1) is 8.69. The third-order valence-corrected chi connectivity index (χ3v) is 3.64. The first kappa shape index (κ1) is 13.4. The molecule has 0 aromatic heterocycles. The van der Waals surface area contributed by atoms with Crippen molar-refractivity contribution in [2.45, 2.75) is 19.3 Å². The maximum absolute atomic E-state index is 11.1. The Balaban J connectivity index is 1.86. The number of halogens is 1. The second-order valence-corrected chi connectivity index (χ2v) is 5.01. The molecule has 0 N–H and O–H groups in total. The van der Waals surface area contributed by atoms with E-state index in [1.165, 1.54) is 5.56 Å². The van der Waals surface area contributed by atoms with Crippen molar-refractivity contribution >= 4 is 17.4 Å². The van der Waals surface area contributed by atoms with Crippen LogP contribution < -0.4 is 4.74 Å². The van der Waals surface area contributed by atoms with Crippen LogP contribution in [0, 0.1) is 0 Å². The lowest BCUT2D eigenvalue weighted by Crippen LogP contribution is -2.35. The van der Waals surface area contributed by atoms with Crippen LogP contribution in [-0.4, -0.2) is 37.4 Å². The largest absolute Gasteiger partial charge is 0.495 e. The summed E-state index contributed by atoms with van der Waals surface area (Å²) in [5, 5.41) is 0.656. The average Bonchev–Trinajstić information content (AvgIpc) is 2.38. The fourth-order valence-electron chi connectivity index (χ4n) is 2.18. The van der Waals surface area contributed by atoms with E-state index in [1.807, 2.05) is 18.2 Å². The molecule has 4 heteroatoms. The fourth-order valence-corrected chi connectivity index (χ4v) is 2.46. The van der Waals surface area contributed by atoms with E-state index in [9.17, 15) is 4.79 Å². The number of likely N-dealkylation sites (tertiary alicyclic amines) is 1. The molecule has 1 heterocycles. The number of nitrogens with zero attached hydrogens (tertiary/aromatic N) is 1. The van der Waals surface area contributed by atoms with Gasteiger partial charge in [-0.3, -0.25) is 4.79 Å². The molecule has 1 saturated heterocycles. The van der Waals surface area contributed by atoms with Crippen molar-refractivity contribution in [1.82, 2.24) is 4.90 Å². The molecule has 0 amide bonds. The zero-order chi connectivity index (χ0) is 13.0. The van der Waals surface area contributed by atoms with Crippen molar-refractivity contribution in [2.24, 2.45) is 0 Å². The number of ketones is 1. The van der Waals surface area contributed by atoms with E-state index in [0.717, 1.165) is 26.1 Å². The van der Waals surface area contributed by atoms with E-state index in [4.69, 9.17) is 16.3 Å². The number of ether oxygens (including phenoxy) is 1. The highest BCUT2D eigenvalue weighted by Gasteiger charge is 2.15. The summed E-state index contributed by atoms with van der Waals surface area (Å²) in [6.45, 7) is 2.77. The molecule has 0 aliphatic carbocycles. The van der Waals surface area contributed by atoms with Gasteiger partial charge in [-0.1, -0.05) is 17.7 Å². The zero-order valence-corrected chi connectivity index (χ0v) is 11.4.